The van der Waals surface area contributed by atoms with Gasteiger partial charge in [-0.25, -0.2) is 8.78 Å². The molecule has 78 valence electrons. The Morgan fingerprint density at radius 1 is 1.14 bits per heavy atom. The van der Waals surface area contributed by atoms with Crippen molar-refractivity contribution >= 4 is 0 Å². The van der Waals surface area contributed by atoms with E-state index in [1.807, 2.05) is 0 Å². The Balaban J connectivity index is 1.99. The molecule has 0 unspecified atom stereocenters. The van der Waals surface area contributed by atoms with Gasteiger partial charge in [-0.05, 0) is 30.4 Å². The molecular weight excluding hydrogens is 182 g/mol. The summed E-state index contributed by atoms with van der Waals surface area (Å²) in [7, 11) is 0. The van der Waals surface area contributed by atoms with Crippen molar-refractivity contribution in [3.05, 3.63) is 23.8 Å². The van der Waals surface area contributed by atoms with Gasteiger partial charge in [0, 0.05) is 6.42 Å². The van der Waals surface area contributed by atoms with Crippen LogP contribution in [0.2, 0.25) is 0 Å². The van der Waals surface area contributed by atoms with Gasteiger partial charge in [0.05, 0.1) is 0 Å². The molecule has 0 aromatic rings. The van der Waals surface area contributed by atoms with Crippen LogP contribution in [-0.2, 0) is 0 Å². The summed E-state index contributed by atoms with van der Waals surface area (Å²) in [6.07, 6.45) is 10.5. The van der Waals surface area contributed by atoms with E-state index >= 15 is 0 Å². The lowest BCUT2D eigenvalue weighted by molar-refractivity contribution is 0.0567. The molecule has 0 bridgehead atoms. The van der Waals surface area contributed by atoms with Crippen LogP contribution in [-0.4, -0.2) is 5.92 Å². The monoisotopic (exact) mass is 198 g/mol. The average molecular weight is 198 g/mol. The number of allylic oxidation sites excluding steroid dienone is 4. The van der Waals surface area contributed by atoms with Crippen LogP contribution in [0.4, 0.5) is 8.78 Å². The van der Waals surface area contributed by atoms with Crippen molar-refractivity contribution in [2.24, 2.45) is 5.92 Å². The molecule has 0 heterocycles. The number of halogens is 2. The summed E-state index contributed by atoms with van der Waals surface area (Å²) in [5.41, 5.74) is 1.15. The molecule has 1 saturated carbocycles. The van der Waals surface area contributed by atoms with Gasteiger partial charge in [-0.2, -0.15) is 0 Å². The molecule has 1 fully saturated rings. The van der Waals surface area contributed by atoms with E-state index in [0.29, 0.717) is 5.92 Å². The highest BCUT2D eigenvalue weighted by Crippen LogP contribution is 2.35. The van der Waals surface area contributed by atoms with Gasteiger partial charge >= 0.3 is 0 Å². The smallest absolute Gasteiger partial charge is 0.202 e. The molecule has 0 atom stereocenters. The van der Waals surface area contributed by atoms with E-state index in [1.54, 1.807) is 12.2 Å². The quantitative estimate of drug-likeness (QED) is 0.595. The van der Waals surface area contributed by atoms with E-state index in [2.05, 4.69) is 0 Å². The van der Waals surface area contributed by atoms with E-state index in [1.165, 1.54) is 32.1 Å². The minimum atomic E-state index is -2.60. The fourth-order valence-electron chi connectivity index (χ4n) is 2.35. The van der Waals surface area contributed by atoms with Crippen LogP contribution >= 0.6 is 0 Å². The lowest BCUT2D eigenvalue weighted by Gasteiger charge is -2.25. The Morgan fingerprint density at radius 2 is 1.86 bits per heavy atom. The van der Waals surface area contributed by atoms with Crippen molar-refractivity contribution in [2.75, 3.05) is 0 Å². The van der Waals surface area contributed by atoms with Gasteiger partial charge < -0.3 is 0 Å². The highest BCUT2D eigenvalue weighted by Gasteiger charge is 2.28. The van der Waals surface area contributed by atoms with Gasteiger partial charge in [0.15, 0.2) is 0 Å². The van der Waals surface area contributed by atoms with Crippen LogP contribution in [0.3, 0.4) is 0 Å². The zero-order valence-electron chi connectivity index (χ0n) is 8.31. The molecule has 0 aliphatic heterocycles. The van der Waals surface area contributed by atoms with Crippen molar-refractivity contribution in [1.82, 2.24) is 0 Å². The minimum absolute atomic E-state index is 0.102. The first kappa shape index (κ1) is 9.88. The Bertz CT molecular complexity index is 257. The fraction of sp³-hybridized carbons (Fsp3) is 0.667. The molecule has 0 aromatic heterocycles. The average Bonchev–Trinajstić information content (AvgIpc) is 2.19. The maximum Gasteiger partial charge on any atom is 0.270 e. The third kappa shape index (κ3) is 2.23. The van der Waals surface area contributed by atoms with Crippen molar-refractivity contribution < 1.29 is 8.78 Å². The Hall–Kier alpha value is -0.660. The van der Waals surface area contributed by atoms with Crippen molar-refractivity contribution in [2.45, 2.75) is 44.4 Å². The fourth-order valence-corrected chi connectivity index (χ4v) is 2.35. The topological polar surface area (TPSA) is 0 Å². The number of hydrogen-bond acceptors (Lipinski definition) is 0. The minimum Gasteiger partial charge on any atom is -0.202 e. The first-order chi connectivity index (χ1) is 6.67. The predicted octanol–water partition coefficient (Wildman–Crippen LogP) is 4.09. The second-order valence-corrected chi connectivity index (χ2v) is 4.34. The van der Waals surface area contributed by atoms with Crippen molar-refractivity contribution in [3.8, 4) is 0 Å². The molecule has 0 nitrogen and oxygen atoms in total. The van der Waals surface area contributed by atoms with Crippen molar-refractivity contribution in [1.29, 1.82) is 0 Å². The van der Waals surface area contributed by atoms with Gasteiger partial charge in [-0.3, -0.25) is 0 Å². The molecular formula is C12H16F2. The largest absolute Gasteiger partial charge is 0.270 e. The zero-order valence-corrected chi connectivity index (χ0v) is 8.31. The van der Waals surface area contributed by atoms with E-state index in [4.69, 9.17) is 0 Å². The third-order valence-corrected chi connectivity index (χ3v) is 3.21. The summed E-state index contributed by atoms with van der Waals surface area (Å²) in [6, 6.07) is 0. The number of hydrogen-bond donors (Lipinski definition) is 0. The first-order valence-electron chi connectivity index (χ1n) is 5.44. The van der Waals surface area contributed by atoms with Crippen molar-refractivity contribution in [3.63, 3.8) is 0 Å². The van der Waals surface area contributed by atoms with Crippen LogP contribution in [0.25, 0.3) is 0 Å². The second-order valence-electron chi connectivity index (χ2n) is 4.34. The normalized spacial score (nSPS) is 27.4. The van der Waals surface area contributed by atoms with E-state index in [-0.39, 0.29) is 6.42 Å². The molecule has 2 rings (SSSR count). The molecule has 2 heteroatoms. The molecule has 0 aromatic carbocycles. The lowest BCUT2D eigenvalue weighted by Crippen LogP contribution is -2.17. The number of rotatable bonds is 1. The molecule has 2 aliphatic carbocycles. The standard InChI is InChI=1S/C12H16F2/c13-12(14)8-6-11(7-9-12)10-4-2-1-3-5-10/h6-8,10H,1-5,9H2. The van der Waals surface area contributed by atoms with Gasteiger partial charge in [0.25, 0.3) is 5.92 Å². The summed E-state index contributed by atoms with van der Waals surface area (Å²) >= 11 is 0. The molecule has 14 heavy (non-hydrogen) atoms. The zero-order chi connectivity index (χ0) is 10.0. The van der Waals surface area contributed by atoms with Crippen LogP contribution < -0.4 is 0 Å². The van der Waals surface area contributed by atoms with Gasteiger partial charge in [0.1, 0.15) is 0 Å². The highest BCUT2D eigenvalue weighted by molar-refractivity contribution is 5.28. The summed E-state index contributed by atoms with van der Waals surface area (Å²) in [4.78, 5) is 0. The maximum absolute atomic E-state index is 12.8. The van der Waals surface area contributed by atoms with Crippen LogP contribution in [0, 0.1) is 5.92 Å². The Morgan fingerprint density at radius 3 is 2.43 bits per heavy atom. The predicted molar refractivity (Wildman–Crippen MR) is 53.4 cm³/mol. The highest BCUT2D eigenvalue weighted by atomic mass is 19.3. The Kier molecular flexibility index (Phi) is 2.71. The third-order valence-electron chi connectivity index (χ3n) is 3.21. The molecule has 0 N–H and O–H groups in total. The van der Waals surface area contributed by atoms with Gasteiger partial charge in [-0.1, -0.05) is 31.4 Å². The van der Waals surface area contributed by atoms with Crippen LogP contribution in [0.1, 0.15) is 38.5 Å². The SMILES string of the molecule is FC1(F)C=CC(C2CCCCC2)=CC1. The first-order valence-corrected chi connectivity index (χ1v) is 5.44. The summed E-state index contributed by atoms with van der Waals surface area (Å²) in [6.45, 7) is 0. The molecule has 0 radical (unpaired) electrons. The molecule has 0 amide bonds. The molecule has 0 spiro atoms. The number of alkyl halides is 2. The van der Waals surface area contributed by atoms with Crippen LogP contribution in [0.5, 0.6) is 0 Å². The van der Waals surface area contributed by atoms with Gasteiger partial charge in [-0.15, -0.1) is 0 Å². The Labute approximate surface area is 83.7 Å². The summed E-state index contributed by atoms with van der Waals surface area (Å²) in [5, 5.41) is 0. The van der Waals surface area contributed by atoms with Gasteiger partial charge in [0.2, 0.25) is 0 Å². The molecule has 0 saturated heterocycles. The van der Waals surface area contributed by atoms with E-state index in [9.17, 15) is 8.78 Å². The summed E-state index contributed by atoms with van der Waals surface area (Å²) < 4.78 is 25.6. The lowest BCUT2D eigenvalue weighted by atomic mass is 9.82. The van der Waals surface area contributed by atoms with E-state index in [0.717, 1.165) is 11.6 Å². The molecule has 2 aliphatic rings. The second kappa shape index (κ2) is 3.84. The van der Waals surface area contributed by atoms with E-state index < -0.39 is 5.92 Å². The van der Waals surface area contributed by atoms with Crippen LogP contribution in [0.15, 0.2) is 23.8 Å². The summed E-state index contributed by atoms with van der Waals surface area (Å²) in [5.74, 6) is -2.05. The maximum atomic E-state index is 12.8.